The van der Waals surface area contributed by atoms with Gasteiger partial charge in [0.15, 0.2) is 11.9 Å². The molecule has 14 heteroatoms. The van der Waals surface area contributed by atoms with Crippen molar-refractivity contribution in [2.24, 2.45) is 0 Å². The summed E-state index contributed by atoms with van der Waals surface area (Å²) in [4.78, 5) is 47.7. The number of nitrogens with one attached hydrogen (secondary N) is 2. The second-order valence-electron chi connectivity index (χ2n) is 10.8. The van der Waals surface area contributed by atoms with Crippen molar-refractivity contribution in [3.63, 3.8) is 0 Å². The van der Waals surface area contributed by atoms with Crippen LogP contribution in [0.15, 0.2) is 30.3 Å². The number of halogens is 3. The lowest BCUT2D eigenvalue weighted by Gasteiger charge is -2.25. The maximum atomic E-state index is 13.3. The first-order chi connectivity index (χ1) is 20.3. The first-order valence-corrected chi connectivity index (χ1v) is 13.6. The lowest BCUT2D eigenvalue weighted by atomic mass is 9.85. The van der Waals surface area contributed by atoms with Gasteiger partial charge in [-0.15, -0.1) is 0 Å². The Labute approximate surface area is 252 Å². The van der Waals surface area contributed by atoms with Crippen molar-refractivity contribution < 1.29 is 52.0 Å². The standard InChI is InChI=1S/C28H35N3O6.C2HF3O2/c1-7-22(27(34)35)37-23-10-9-16(11-20(23)28(3,4)5)21(32)15-31-14-17-12-24(36-8-2)19(26(33)30-6)13-18(17)25(31)29;3-2(4,5)1(6)7/h9-13,22,29H,7-8,14-15H2,1-6H3,(H,30,33)(H,34,35);(H,6,7). The fourth-order valence-electron chi connectivity index (χ4n) is 4.27. The second-order valence-corrected chi connectivity index (χ2v) is 10.8. The molecular weight excluding hydrogens is 587 g/mol. The fraction of sp³-hybridized carbons (Fsp3) is 0.433. The van der Waals surface area contributed by atoms with Crippen LogP contribution in [0.25, 0.3) is 0 Å². The Morgan fingerprint density at radius 2 is 1.66 bits per heavy atom. The van der Waals surface area contributed by atoms with E-state index in [1.165, 1.54) is 7.05 Å². The van der Waals surface area contributed by atoms with Crippen LogP contribution in [0.1, 0.15) is 78.4 Å². The van der Waals surface area contributed by atoms with Crippen LogP contribution in [0.4, 0.5) is 13.2 Å². The number of ether oxygens (including phenoxy) is 2. The molecule has 1 aliphatic rings. The molecule has 240 valence electrons. The van der Waals surface area contributed by atoms with Gasteiger partial charge in [-0.25, -0.2) is 9.59 Å². The van der Waals surface area contributed by atoms with Crippen LogP contribution < -0.4 is 14.8 Å². The Morgan fingerprint density at radius 1 is 1.05 bits per heavy atom. The van der Waals surface area contributed by atoms with Crippen LogP contribution in [-0.2, 0) is 21.5 Å². The quantitative estimate of drug-likeness (QED) is 0.276. The molecule has 0 aliphatic carbocycles. The summed E-state index contributed by atoms with van der Waals surface area (Å²) >= 11 is 0. The summed E-state index contributed by atoms with van der Waals surface area (Å²) in [5.74, 6) is -3.24. The number of alkyl halides is 3. The van der Waals surface area contributed by atoms with Gasteiger partial charge in [-0.1, -0.05) is 27.7 Å². The molecule has 1 aliphatic heterocycles. The Balaban J connectivity index is 0.000000860. The van der Waals surface area contributed by atoms with E-state index in [0.29, 0.717) is 47.8 Å². The Bertz CT molecular complexity index is 1430. The zero-order chi connectivity index (χ0) is 33.6. The second kappa shape index (κ2) is 14.2. The van der Waals surface area contributed by atoms with Crippen LogP contribution in [0.3, 0.4) is 0 Å². The number of rotatable bonds is 10. The smallest absolute Gasteiger partial charge is 0.490 e. The van der Waals surface area contributed by atoms with Crippen LogP contribution in [0.2, 0.25) is 0 Å². The molecule has 0 aromatic heterocycles. The maximum absolute atomic E-state index is 13.3. The van der Waals surface area contributed by atoms with Crippen molar-refractivity contribution in [3.8, 4) is 11.5 Å². The third kappa shape index (κ3) is 8.71. The number of benzene rings is 2. The van der Waals surface area contributed by atoms with Gasteiger partial charge < -0.3 is 29.9 Å². The summed E-state index contributed by atoms with van der Waals surface area (Å²) in [6.07, 6.45) is -5.75. The highest BCUT2D eigenvalue weighted by molar-refractivity contribution is 6.07. The monoisotopic (exact) mass is 623 g/mol. The molecule has 0 saturated heterocycles. The van der Waals surface area contributed by atoms with Gasteiger partial charge in [0.2, 0.25) is 0 Å². The first-order valence-electron chi connectivity index (χ1n) is 13.6. The predicted molar refractivity (Wildman–Crippen MR) is 154 cm³/mol. The number of fused-ring (bicyclic) bond motifs is 1. The number of nitrogens with zero attached hydrogens (tertiary/aromatic N) is 1. The third-order valence-corrected chi connectivity index (χ3v) is 6.51. The molecule has 0 radical (unpaired) electrons. The van der Waals surface area contributed by atoms with Crippen molar-refractivity contribution in [2.75, 3.05) is 20.2 Å². The lowest BCUT2D eigenvalue weighted by molar-refractivity contribution is -0.192. The molecule has 2 aromatic carbocycles. The van der Waals surface area contributed by atoms with Gasteiger partial charge in [-0.3, -0.25) is 15.0 Å². The van der Waals surface area contributed by atoms with E-state index >= 15 is 0 Å². The SMILES string of the molecule is CCOc1cc2c(cc1C(=O)NC)C(=N)N(CC(=O)c1ccc(OC(CC)C(=O)O)c(C(C)(C)C)c1)C2.O=C(O)C(F)(F)F. The highest BCUT2D eigenvalue weighted by Crippen LogP contribution is 2.34. The van der Waals surface area contributed by atoms with E-state index in [2.05, 4.69) is 5.32 Å². The van der Waals surface area contributed by atoms with Gasteiger partial charge in [-0.05, 0) is 54.7 Å². The minimum Gasteiger partial charge on any atom is -0.493 e. The number of ketones is 1. The van der Waals surface area contributed by atoms with Crippen molar-refractivity contribution >= 4 is 29.5 Å². The normalized spacial score (nSPS) is 13.3. The fourth-order valence-corrected chi connectivity index (χ4v) is 4.27. The van der Waals surface area contributed by atoms with Gasteiger partial charge in [0.1, 0.15) is 17.3 Å². The summed E-state index contributed by atoms with van der Waals surface area (Å²) in [6.45, 7) is 10.2. The molecule has 11 nitrogen and oxygen atoms in total. The van der Waals surface area contributed by atoms with E-state index in [0.717, 1.165) is 11.1 Å². The van der Waals surface area contributed by atoms with Crippen LogP contribution >= 0.6 is 0 Å². The number of Topliss-reactive ketones (excluding diaryl/α,β-unsaturated/α-hetero) is 1. The summed E-state index contributed by atoms with van der Waals surface area (Å²) < 4.78 is 43.2. The Morgan fingerprint density at radius 3 is 2.14 bits per heavy atom. The van der Waals surface area contributed by atoms with Crippen LogP contribution in [0, 0.1) is 5.41 Å². The zero-order valence-corrected chi connectivity index (χ0v) is 25.2. The average molecular weight is 624 g/mol. The van der Waals surface area contributed by atoms with Crippen molar-refractivity contribution in [3.05, 3.63) is 58.1 Å². The Hall–Kier alpha value is -4.62. The molecule has 2 aromatic rings. The van der Waals surface area contributed by atoms with Crippen LogP contribution in [0.5, 0.6) is 11.5 Å². The molecule has 3 rings (SSSR count). The molecule has 0 saturated carbocycles. The molecule has 1 amide bonds. The van der Waals surface area contributed by atoms with Gasteiger partial charge in [0.25, 0.3) is 5.91 Å². The largest absolute Gasteiger partial charge is 0.493 e. The lowest BCUT2D eigenvalue weighted by Crippen LogP contribution is -2.31. The Kier molecular flexibility index (Phi) is 11.5. The van der Waals surface area contributed by atoms with E-state index in [1.54, 1.807) is 42.2 Å². The first kappa shape index (κ1) is 35.6. The molecule has 1 unspecified atom stereocenters. The third-order valence-electron chi connectivity index (χ3n) is 6.51. The summed E-state index contributed by atoms with van der Waals surface area (Å²) in [5.41, 5.74) is 2.53. The summed E-state index contributed by atoms with van der Waals surface area (Å²) in [7, 11) is 1.54. The minimum atomic E-state index is -5.08. The molecular formula is C30H36F3N3O8. The van der Waals surface area contributed by atoms with E-state index in [9.17, 15) is 32.7 Å². The highest BCUT2D eigenvalue weighted by Gasteiger charge is 2.38. The number of amides is 1. The number of carbonyl (C=O) groups is 4. The number of hydrogen-bond acceptors (Lipinski definition) is 7. The topological polar surface area (TPSA) is 166 Å². The predicted octanol–water partition coefficient (Wildman–Crippen LogP) is 4.64. The number of carboxylic acids is 2. The van der Waals surface area contributed by atoms with Crippen molar-refractivity contribution in [1.29, 1.82) is 5.41 Å². The van der Waals surface area contributed by atoms with Gasteiger partial charge in [0.05, 0.1) is 18.7 Å². The van der Waals surface area contributed by atoms with E-state index < -0.39 is 29.6 Å². The average Bonchev–Trinajstić information content (AvgIpc) is 3.23. The molecule has 0 spiro atoms. The number of hydrogen-bond donors (Lipinski definition) is 4. The summed E-state index contributed by atoms with van der Waals surface area (Å²) in [5, 5.41) is 27.8. The molecule has 1 atom stereocenters. The zero-order valence-electron chi connectivity index (χ0n) is 25.2. The minimum absolute atomic E-state index is 0.0245. The molecule has 0 bridgehead atoms. The van der Waals surface area contributed by atoms with E-state index in [1.807, 2.05) is 27.7 Å². The van der Waals surface area contributed by atoms with E-state index in [-0.39, 0.29) is 24.1 Å². The van der Waals surface area contributed by atoms with Crippen LogP contribution in [-0.4, -0.2) is 77.1 Å². The van der Waals surface area contributed by atoms with Gasteiger partial charge >= 0.3 is 18.1 Å². The number of carboxylic acid groups (broad SMARTS) is 2. The van der Waals surface area contributed by atoms with E-state index in [4.69, 9.17) is 24.8 Å². The summed E-state index contributed by atoms with van der Waals surface area (Å²) in [6, 6.07) is 8.43. The number of carbonyl (C=O) groups excluding carboxylic acids is 2. The number of amidine groups is 1. The molecule has 0 fully saturated rings. The van der Waals surface area contributed by atoms with Crippen molar-refractivity contribution in [2.45, 2.75) is 65.3 Å². The maximum Gasteiger partial charge on any atom is 0.490 e. The number of aliphatic carboxylic acids is 2. The highest BCUT2D eigenvalue weighted by atomic mass is 19.4. The molecule has 4 N–H and O–H groups in total. The molecule has 1 heterocycles. The molecule has 44 heavy (non-hydrogen) atoms. The van der Waals surface area contributed by atoms with Gasteiger partial charge in [-0.2, -0.15) is 13.2 Å². The van der Waals surface area contributed by atoms with Gasteiger partial charge in [0, 0.05) is 30.3 Å². The van der Waals surface area contributed by atoms with Crippen molar-refractivity contribution in [1.82, 2.24) is 10.2 Å².